The Labute approximate surface area is 105 Å². The van der Waals surface area contributed by atoms with Gasteiger partial charge in [-0.3, -0.25) is 0 Å². The van der Waals surface area contributed by atoms with Crippen LogP contribution in [0.25, 0.3) is 11.3 Å². The summed E-state index contributed by atoms with van der Waals surface area (Å²) in [5, 5.41) is 3.03. The molecule has 0 spiro atoms. The second kappa shape index (κ2) is 5.29. The Bertz CT molecular complexity index is 496. The average molecular weight is 248 g/mol. The fourth-order valence-corrected chi connectivity index (χ4v) is 2.46. The maximum Gasteiger partial charge on any atom is 0.119 e. The molecule has 3 nitrogen and oxygen atoms in total. The molecule has 0 saturated carbocycles. The van der Waals surface area contributed by atoms with E-state index in [0.717, 1.165) is 28.4 Å². The van der Waals surface area contributed by atoms with Gasteiger partial charge in [-0.15, -0.1) is 11.3 Å². The number of ether oxygens (including phenoxy) is 1. The summed E-state index contributed by atoms with van der Waals surface area (Å²) in [7, 11) is 1.67. The summed E-state index contributed by atoms with van der Waals surface area (Å²) in [6, 6.07) is 7.94. The number of aromatic nitrogens is 1. The van der Waals surface area contributed by atoms with E-state index in [1.165, 1.54) is 0 Å². The van der Waals surface area contributed by atoms with Gasteiger partial charge in [-0.1, -0.05) is 19.1 Å². The Balaban J connectivity index is 2.30. The van der Waals surface area contributed by atoms with Crippen molar-refractivity contribution in [2.75, 3.05) is 7.11 Å². The van der Waals surface area contributed by atoms with Crippen LogP contribution in [-0.2, 0) is 0 Å². The van der Waals surface area contributed by atoms with Crippen LogP contribution >= 0.6 is 11.3 Å². The third kappa shape index (κ3) is 2.65. The molecule has 4 heteroatoms. The van der Waals surface area contributed by atoms with Crippen LogP contribution in [0.2, 0.25) is 0 Å². The zero-order valence-corrected chi connectivity index (χ0v) is 10.8. The number of rotatable bonds is 4. The summed E-state index contributed by atoms with van der Waals surface area (Å²) in [6.07, 6.45) is 0.908. The fourth-order valence-electron chi connectivity index (χ4n) is 1.55. The molecule has 2 N–H and O–H groups in total. The van der Waals surface area contributed by atoms with Crippen LogP contribution in [-0.4, -0.2) is 12.1 Å². The quantitative estimate of drug-likeness (QED) is 0.903. The minimum Gasteiger partial charge on any atom is -0.497 e. The van der Waals surface area contributed by atoms with Gasteiger partial charge >= 0.3 is 0 Å². The van der Waals surface area contributed by atoms with Crippen molar-refractivity contribution in [2.24, 2.45) is 5.73 Å². The summed E-state index contributed by atoms with van der Waals surface area (Å²) in [5.74, 6) is 0.844. The van der Waals surface area contributed by atoms with Crippen LogP contribution in [0.3, 0.4) is 0 Å². The van der Waals surface area contributed by atoms with Gasteiger partial charge in [0.25, 0.3) is 0 Å². The van der Waals surface area contributed by atoms with Crippen molar-refractivity contribution in [3.05, 3.63) is 34.7 Å². The number of hydrogen-bond acceptors (Lipinski definition) is 4. The van der Waals surface area contributed by atoms with Gasteiger partial charge in [0, 0.05) is 10.9 Å². The molecule has 2 aromatic rings. The molecule has 17 heavy (non-hydrogen) atoms. The first-order valence-corrected chi connectivity index (χ1v) is 6.48. The second-order valence-electron chi connectivity index (χ2n) is 3.82. The molecule has 1 atom stereocenters. The number of nitrogens with zero attached hydrogens (tertiary/aromatic N) is 1. The first-order chi connectivity index (χ1) is 8.24. The molecule has 90 valence electrons. The lowest BCUT2D eigenvalue weighted by atomic mass is 10.1. The first kappa shape index (κ1) is 12.1. The predicted octanol–water partition coefficient (Wildman–Crippen LogP) is 3.23. The molecular weight excluding hydrogens is 232 g/mol. The van der Waals surface area contributed by atoms with Crippen molar-refractivity contribution in [1.29, 1.82) is 0 Å². The standard InChI is InChI=1S/C13H16N2OS/c1-3-11(14)13-15-12(8-17-13)9-5-4-6-10(7-9)16-2/h4-8,11H,3,14H2,1-2H3. The monoisotopic (exact) mass is 248 g/mol. The van der Waals surface area contributed by atoms with Crippen molar-refractivity contribution < 1.29 is 4.74 Å². The molecule has 0 aliphatic heterocycles. The van der Waals surface area contributed by atoms with Crippen LogP contribution in [0, 0.1) is 0 Å². The van der Waals surface area contributed by atoms with Crippen LogP contribution in [0.4, 0.5) is 0 Å². The first-order valence-electron chi connectivity index (χ1n) is 5.60. The summed E-state index contributed by atoms with van der Waals surface area (Å²) in [6.45, 7) is 2.07. The van der Waals surface area contributed by atoms with Gasteiger partial charge in [0.05, 0.1) is 18.8 Å². The SMILES string of the molecule is CCC(N)c1nc(-c2cccc(OC)c2)cs1. The molecular formula is C13H16N2OS. The van der Waals surface area contributed by atoms with Crippen molar-refractivity contribution in [3.63, 3.8) is 0 Å². The summed E-state index contributed by atoms with van der Waals surface area (Å²) >= 11 is 1.61. The number of methoxy groups -OCH3 is 1. The molecule has 2 rings (SSSR count). The van der Waals surface area contributed by atoms with E-state index in [4.69, 9.17) is 10.5 Å². The van der Waals surface area contributed by atoms with Gasteiger partial charge in [0.1, 0.15) is 10.8 Å². The zero-order valence-electron chi connectivity index (χ0n) is 10.0. The highest BCUT2D eigenvalue weighted by Gasteiger charge is 2.10. The van der Waals surface area contributed by atoms with Crippen LogP contribution < -0.4 is 10.5 Å². The Hall–Kier alpha value is -1.39. The van der Waals surface area contributed by atoms with E-state index in [2.05, 4.69) is 11.9 Å². The molecule has 0 bridgehead atoms. The topological polar surface area (TPSA) is 48.1 Å². The highest BCUT2D eigenvalue weighted by molar-refractivity contribution is 7.10. The molecule has 0 aliphatic carbocycles. The van der Waals surface area contributed by atoms with Crippen molar-refractivity contribution in [2.45, 2.75) is 19.4 Å². The van der Waals surface area contributed by atoms with E-state index in [0.29, 0.717) is 0 Å². The van der Waals surface area contributed by atoms with Gasteiger partial charge < -0.3 is 10.5 Å². The number of benzene rings is 1. The Morgan fingerprint density at radius 1 is 1.47 bits per heavy atom. The van der Waals surface area contributed by atoms with E-state index in [9.17, 15) is 0 Å². The van der Waals surface area contributed by atoms with Crippen LogP contribution in [0.5, 0.6) is 5.75 Å². The van der Waals surface area contributed by atoms with Crippen LogP contribution in [0.1, 0.15) is 24.4 Å². The predicted molar refractivity (Wildman–Crippen MR) is 71.3 cm³/mol. The maximum atomic E-state index is 5.96. The Morgan fingerprint density at radius 2 is 2.29 bits per heavy atom. The maximum absolute atomic E-state index is 5.96. The van der Waals surface area contributed by atoms with E-state index < -0.39 is 0 Å². The molecule has 0 fully saturated rings. The second-order valence-corrected chi connectivity index (χ2v) is 4.71. The third-order valence-electron chi connectivity index (χ3n) is 2.64. The normalized spacial score (nSPS) is 12.4. The van der Waals surface area contributed by atoms with E-state index in [-0.39, 0.29) is 6.04 Å². The lowest BCUT2D eigenvalue weighted by molar-refractivity contribution is 0.415. The van der Waals surface area contributed by atoms with Crippen LogP contribution in [0.15, 0.2) is 29.6 Å². The van der Waals surface area contributed by atoms with E-state index in [1.807, 2.05) is 29.6 Å². The van der Waals surface area contributed by atoms with Gasteiger partial charge in [-0.25, -0.2) is 4.98 Å². The highest BCUT2D eigenvalue weighted by Crippen LogP contribution is 2.27. The average Bonchev–Trinajstić information content (AvgIpc) is 2.87. The zero-order chi connectivity index (χ0) is 12.3. The Kier molecular flexibility index (Phi) is 3.76. The molecule has 1 aromatic heterocycles. The highest BCUT2D eigenvalue weighted by atomic mass is 32.1. The molecule has 1 unspecified atom stereocenters. The summed E-state index contributed by atoms with van der Waals surface area (Å²) in [5.41, 5.74) is 8.00. The molecule has 0 aliphatic rings. The van der Waals surface area contributed by atoms with Crippen molar-refractivity contribution in [1.82, 2.24) is 4.98 Å². The lowest BCUT2D eigenvalue weighted by Gasteiger charge is -2.03. The molecule has 1 aromatic carbocycles. The van der Waals surface area contributed by atoms with E-state index in [1.54, 1.807) is 18.4 Å². The number of nitrogens with two attached hydrogens (primary N) is 1. The minimum atomic E-state index is 0.0411. The smallest absolute Gasteiger partial charge is 0.119 e. The number of thiazole rings is 1. The van der Waals surface area contributed by atoms with Crippen molar-refractivity contribution in [3.8, 4) is 17.0 Å². The summed E-state index contributed by atoms with van der Waals surface area (Å²) < 4.78 is 5.20. The lowest BCUT2D eigenvalue weighted by Crippen LogP contribution is -2.07. The van der Waals surface area contributed by atoms with Gasteiger partial charge in [0.2, 0.25) is 0 Å². The molecule has 0 saturated heterocycles. The Morgan fingerprint density at radius 3 is 3.00 bits per heavy atom. The fraction of sp³-hybridized carbons (Fsp3) is 0.308. The van der Waals surface area contributed by atoms with Gasteiger partial charge in [-0.2, -0.15) is 0 Å². The summed E-state index contributed by atoms with van der Waals surface area (Å²) in [4.78, 5) is 4.56. The number of hydrogen-bond donors (Lipinski definition) is 1. The minimum absolute atomic E-state index is 0.0411. The van der Waals surface area contributed by atoms with Gasteiger partial charge in [0.15, 0.2) is 0 Å². The van der Waals surface area contributed by atoms with Gasteiger partial charge in [-0.05, 0) is 18.6 Å². The van der Waals surface area contributed by atoms with Crippen molar-refractivity contribution >= 4 is 11.3 Å². The molecule has 1 heterocycles. The molecule has 0 amide bonds. The van der Waals surface area contributed by atoms with E-state index >= 15 is 0 Å². The molecule has 0 radical (unpaired) electrons. The largest absolute Gasteiger partial charge is 0.497 e. The third-order valence-corrected chi connectivity index (χ3v) is 3.62.